The number of hydrogen-bond donors (Lipinski definition) is 0. The van der Waals surface area contributed by atoms with Crippen LogP contribution < -0.4 is 4.74 Å². The average Bonchev–Trinajstić information content (AvgIpc) is 3.10. The number of halogens is 1. The molecule has 0 fully saturated rings. The predicted octanol–water partition coefficient (Wildman–Crippen LogP) is 4.11. The molecule has 3 heterocycles. The van der Waals surface area contributed by atoms with Crippen molar-refractivity contribution in [3.05, 3.63) is 84.6 Å². The van der Waals surface area contributed by atoms with Crippen molar-refractivity contribution in [2.75, 3.05) is 0 Å². The van der Waals surface area contributed by atoms with Crippen molar-refractivity contribution < 1.29 is 9.13 Å². The first-order chi connectivity index (χ1) is 11.8. The highest BCUT2D eigenvalue weighted by molar-refractivity contribution is 5.69. The molecule has 118 valence electrons. The van der Waals surface area contributed by atoms with Crippen LogP contribution in [-0.4, -0.2) is 14.6 Å². The molecule has 0 spiro atoms. The molecule has 0 radical (unpaired) electrons. The fraction of sp³-hybridized carbons (Fsp3) is 0.0526. The van der Waals surface area contributed by atoms with E-state index in [1.54, 1.807) is 16.8 Å². The van der Waals surface area contributed by atoms with Crippen LogP contribution >= 0.6 is 0 Å². The van der Waals surface area contributed by atoms with Crippen LogP contribution in [-0.2, 0) is 6.61 Å². The molecule has 4 aromatic rings. The number of fused-ring (bicyclic) bond motifs is 1. The third-order valence-electron chi connectivity index (χ3n) is 3.78. The third kappa shape index (κ3) is 2.72. The van der Waals surface area contributed by atoms with Gasteiger partial charge >= 0.3 is 0 Å². The summed E-state index contributed by atoms with van der Waals surface area (Å²) < 4.78 is 21.1. The largest absolute Gasteiger partial charge is 0.487 e. The van der Waals surface area contributed by atoms with Gasteiger partial charge in [0.15, 0.2) is 0 Å². The summed E-state index contributed by atoms with van der Waals surface area (Å²) in [5, 5.41) is 4.33. The monoisotopic (exact) mass is 319 g/mol. The van der Waals surface area contributed by atoms with E-state index in [1.807, 2.05) is 48.5 Å². The lowest BCUT2D eigenvalue weighted by atomic mass is 10.1. The molecular weight excluding hydrogens is 305 g/mol. The minimum atomic E-state index is -0.516. The van der Waals surface area contributed by atoms with Crippen LogP contribution in [0.5, 0.6) is 5.75 Å². The van der Waals surface area contributed by atoms with Gasteiger partial charge in [-0.2, -0.15) is 9.49 Å². The highest BCUT2D eigenvalue weighted by Crippen LogP contribution is 2.27. The zero-order chi connectivity index (χ0) is 16.4. The average molecular weight is 319 g/mol. The molecule has 0 saturated carbocycles. The molecule has 3 aromatic heterocycles. The van der Waals surface area contributed by atoms with Crippen LogP contribution in [0.1, 0.15) is 5.56 Å². The van der Waals surface area contributed by atoms with Gasteiger partial charge in [0, 0.05) is 17.8 Å². The van der Waals surface area contributed by atoms with E-state index in [0.717, 1.165) is 22.5 Å². The maximum Gasteiger partial charge on any atom is 0.213 e. The summed E-state index contributed by atoms with van der Waals surface area (Å²) in [7, 11) is 0. The summed E-state index contributed by atoms with van der Waals surface area (Å²) in [6.45, 7) is 0.477. The highest BCUT2D eigenvalue weighted by Gasteiger charge is 2.10. The van der Waals surface area contributed by atoms with Crippen molar-refractivity contribution in [2.45, 2.75) is 6.61 Å². The smallest absolute Gasteiger partial charge is 0.213 e. The van der Waals surface area contributed by atoms with E-state index in [0.29, 0.717) is 12.2 Å². The zero-order valence-corrected chi connectivity index (χ0v) is 12.8. The van der Waals surface area contributed by atoms with Gasteiger partial charge in [0.05, 0.1) is 11.9 Å². The first kappa shape index (κ1) is 14.4. The number of pyridine rings is 2. The van der Waals surface area contributed by atoms with Gasteiger partial charge < -0.3 is 4.74 Å². The molecule has 0 amide bonds. The second-order valence-corrected chi connectivity index (χ2v) is 5.35. The maximum absolute atomic E-state index is 13.4. The Kier molecular flexibility index (Phi) is 3.67. The minimum absolute atomic E-state index is 0.477. The molecule has 0 N–H and O–H groups in total. The van der Waals surface area contributed by atoms with Crippen molar-refractivity contribution >= 4 is 5.52 Å². The summed E-state index contributed by atoms with van der Waals surface area (Å²) in [6, 6.07) is 18.7. The summed E-state index contributed by atoms with van der Waals surface area (Å²) in [6.07, 6.45) is 3.14. The van der Waals surface area contributed by atoms with Gasteiger partial charge in [0.25, 0.3) is 0 Å². The minimum Gasteiger partial charge on any atom is -0.487 e. The van der Waals surface area contributed by atoms with Gasteiger partial charge in [0.1, 0.15) is 17.9 Å². The number of aromatic nitrogens is 3. The number of benzene rings is 1. The Labute approximate surface area is 138 Å². The van der Waals surface area contributed by atoms with E-state index < -0.39 is 5.95 Å². The molecule has 0 aliphatic heterocycles. The van der Waals surface area contributed by atoms with Gasteiger partial charge in [-0.05, 0) is 29.8 Å². The second-order valence-electron chi connectivity index (χ2n) is 5.35. The maximum atomic E-state index is 13.4. The summed E-state index contributed by atoms with van der Waals surface area (Å²) in [5.74, 6) is 0.215. The zero-order valence-electron chi connectivity index (χ0n) is 12.8. The Morgan fingerprint density at radius 3 is 2.67 bits per heavy atom. The van der Waals surface area contributed by atoms with Crippen LogP contribution in [0.15, 0.2) is 73.1 Å². The number of nitrogens with zero attached hydrogens (tertiary/aromatic N) is 3. The van der Waals surface area contributed by atoms with Gasteiger partial charge in [-0.1, -0.05) is 30.3 Å². The standard InChI is InChI=1S/C19H14FN3O/c20-19-12-15(8-10-21-19)16-6-7-18(17-9-11-22-23(16)17)24-13-14-4-2-1-3-5-14/h1-12H,13H2. The number of hydrogen-bond acceptors (Lipinski definition) is 3. The van der Waals surface area contributed by atoms with Crippen LogP contribution in [0.2, 0.25) is 0 Å². The summed E-state index contributed by atoms with van der Waals surface area (Å²) >= 11 is 0. The Hall–Kier alpha value is -3.21. The van der Waals surface area contributed by atoms with Crippen molar-refractivity contribution in [2.24, 2.45) is 0 Å². The molecule has 5 heteroatoms. The SMILES string of the molecule is Fc1cc(-c2ccc(OCc3ccccc3)c3ccnn23)ccn1. The normalized spacial score (nSPS) is 10.9. The Balaban J connectivity index is 1.70. The van der Waals surface area contributed by atoms with E-state index >= 15 is 0 Å². The van der Waals surface area contributed by atoms with E-state index in [2.05, 4.69) is 10.1 Å². The van der Waals surface area contributed by atoms with E-state index in [-0.39, 0.29) is 0 Å². The molecule has 0 aliphatic carbocycles. The lowest BCUT2D eigenvalue weighted by molar-refractivity contribution is 0.308. The van der Waals surface area contributed by atoms with Gasteiger partial charge in [-0.15, -0.1) is 0 Å². The fourth-order valence-electron chi connectivity index (χ4n) is 2.63. The molecular formula is C19H14FN3O. The quantitative estimate of drug-likeness (QED) is 0.531. The van der Waals surface area contributed by atoms with E-state index in [1.165, 1.54) is 12.3 Å². The predicted molar refractivity (Wildman–Crippen MR) is 89.2 cm³/mol. The Bertz CT molecular complexity index is 982. The second kappa shape index (κ2) is 6.12. The highest BCUT2D eigenvalue weighted by atomic mass is 19.1. The Morgan fingerprint density at radius 1 is 0.958 bits per heavy atom. The van der Waals surface area contributed by atoms with Crippen LogP contribution in [0, 0.1) is 5.95 Å². The number of rotatable bonds is 4. The lowest BCUT2D eigenvalue weighted by Gasteiger charge is -2.11. The van der Waals surface area contributed by atoms with E-state index in [9.17, 15) is 4.39 Å². The Morgan fingerprint density at radius 2 is 1.83 bits per heavy atom. The van der Waals surface area contributed by atoms with Gasteiger partial charge in [0.2, 0.25) is 5.95 Å². The first-order valence-electron chi connectivity index (χ1n) is 7.57. The summed E-state index contributed by atoms with van der Waals surface area (Å²) in [5.41, 5.74) is 3.42. The lowest BCUT2D eigenvalue weighted by Crippen LogP contribution is -2.00. The third-order valence-corrected chi connectivity index (χ3v) is 3.78. The molecule has 0 aliphatic rings. The molecule has 1 aromatic carbocycles. The van der Waals surface area contributed by atoms with Crippen LogP contribution in [0.3, 0.4) is 0 Å². The molecule has 0 saturated heterocycles. The van der Waals surface area contributed by atoms with Crippen LogP contribution in [0.4, 0.5) is 4.39 Å². The van der Waals surface area contributed by atoms with E-state index in [4.69, 9.17) is 4.74 Å². The van der Waals surface area contributed by atoms with Crippen LogP contribution in [0.25, 0.3) is 16.8 Å². The molecule has 24 heavy (non-hydrogen) atoms. The molecule has 4 nitrogen and oxygen atoms in total. The van der Waals surface area contributed by atoms with Crippen molar-refractivity contribution in [3.63, 3.8) is 0 Å². The molecule has 0 atom stereocenters. The number of ether oxygens (including phenoxy) is 1. The molecule has 0 bridgehead atoms. The fourth-order valence-corrected chi connectivity index (χ4v) is 2.63. The van der Waals surface area contributed by atoms with Crippen molar-refractivity contribution in [1.82, 2.24) is 14.6 Å². The van der Waals surface area contributed by atoms with Crippen molar-refractivity contribution in [1.29, 1.82) is 0 Å². The first-order valence-corrected chi connectivity index (χ1v) is 7.57. The molecule has 0 unspecified atom stereocenters. The topological polar surface area (TPSA) is 39.4 Å². The summed E-state index contributed by atoms with van der Waals surface area (Å²) in [4.78, 5) is 3.59. The van der Waals surface area contributed by atoms with Crippen molar-refractivity contribution in [3.8, 4) is 17.0 Å². The van der Waals surface area contributed by atoms with Gasteiger partial charge in [-0.25, -0.2) is 9.50 Å². The molecule has 4 rings (SSSR count). The van der Waals surface area contributed by atoms with Gasteiger partial charge in [-0.3, -0.25) is 0 Å².